The number of esters is 1. The van der Waals surface area contributed by atoms with Crippen LogP contribution in [0.4, 0.5) is 4.39 Å². The molecule has 2 heterocycles. The third-order valence-electron chi connectivity index (χ3n) is 3.07. The molecule has 0 saturated heterocycles. The summed E-state index contributed by atoms with van der Waals surface area (Å²) >= 11 is 0. The van der Waals surface area contributed by atoms with Crippen molar-refractivity contribution in [2.24, 2.45) is 0 Å². The molecule has 112 valence electrons. The summed E-state index contributed by atoms with van der Waals surface area (Å²) in [4.78, 5) is 11.7. The Hall–Kier alpha value is -2.96. The van der Waals surface area contributed by atoms with E-state index in [0.29, 0.717) is 22.8 Å². The highest BCUT2D eigenvalue weighted by molar-refractivity contribution is 5.95. The molecule has 0 N–H and O–H groups in total. The van der Waals surface area contributed by atoms with Crippen LogP contribution < -0.4 is 4.74 Å². The number of hydrogen-bond acceptors (Lipinski definition) is 5. The van der Waals surface area contributed by atoms with Crippen LogP contribution in [0.25, 0.3) is 5.65 Å². The average molecular weight is 301 g/mol. The molecule has 3 rings (SSSR count). The van der Waals surface area contributed by atoms with E-state index < -0.39 is 5.97 Å². The number of benzene rings is 1. The fourth-order valence-corrected chi connectivity index (χ4v) is 2.04. The lowest BCUT2D eigenvalue weighted by atomic mass is 10.3. The molecule has 0 bridgehead atoms. The number of pyridine rings is 1. The number of carbonyl (C=O) groups is 1. The minimum absolute atomic E-state index is 0.0925. The highest BCUT2D eigenvalue weighted by atomic mass is 19.1. The molecule has 7 heteroatoms. The van der Waals surface area contributed by atoms with Gasteiger partial charge < -0.3 is 9.47 Å². The molecule has 0 fully saturated rings. The van der Waals surface area contributed by atoms with Gasteiger partial charge in [-0.25, -0.2) is 9.18 Å². The van der Waals surface area contributed by atoms with Crippen LogP contribution >= 0.6 is 0 Å². The predicted molar refractivity (Wildman–Crippen MR) is 75.1 cm³/mol. The molecule has 6 nitrogen and oxygen atoms in total. The Kier molecular flexibility index (Phi) is 3.69. The Balaban J connectivity index is 1.87. The first-order chi connectivity index (χ1) is 10.7. The number of fused-ring (bicyclic) bond motifs is 1. The van der Waals surface area contributed by atoms with Gasteiger partial charge in [-0.05, 0) is 24.3 Å². The van der Waals surface area contributed by atoms with Gasteiger partial charge in [0.2, 0.25) is 0 Å². The average Bonchev–Trinajstić information content (AvgIpc) is 2.95. The lowest BCUT2D eigenvalue weighted by Gasteiger charge is -2.05. The molecule has 0 radical (unpaired) electrons. The van der Waals surface area contributed by atoms with Crippen molar-refractivity contribution in [3.63, 3.8) is 0 Å². The number of hydrogen-bond donors (Lipinski definition) is 0. The first-order valence-corrected chi connectivity index (χ1v) is 6.48. The van der Waals surface area contributed by atoms with E-state index in [1.165, 1.54) is 19.2 Å². The van der Waals surface area contributed by atoms with Gasteiger partial charge in [0, 0.05) is 12.3 Å². The van der Waals surface area contributed by atoms with Crippen LogP contribution in [0.5, 0.6) is 5.75 Å². The highest BCUT2D eigenvalue weighted by Crippen LogP contribution is 2.15. The first-order valence-electron chi connectivity index (χ1n) is 6.48. The fourth-order valence-electron chi connectivity index (χ4n) is 2.04. The molecule has 0 aliphatic rings. The third kappa shape index (κ3) is 2.60. The molecule has 3 aromatic rings. The van der Waals surface area contributed by atoms with Gasteiger partial charge in [0.25, 0.3) is 0 Å². The lowest BCUT2D eigenvalue weighted by Crippen LogP contribution is -2.06. The van der Waals surface area contributed by atoms with E-state index in [0.717, 1.165) is 0 Å². The molecule has 2 aromatic heterocycles. The summed E-state index contributed by atoms with van der Waals surface area (Å²) in [6.07, 6.45) is 1.71. The third-order valence-corrected chi connectivity index (χ3v) is 3.07. The van der Waals surface area contributed by atoms with Crippen molar-refractivity contribution in [1.82, 2.24) is 14.6 Å². The standard InChI is InChI=1S/C15H12FN3O3/c1-21-15(20)12-6-3-7-19-13(17-18-14(12)19)9-22-11-5-2-4-10(16)8-11/h2-8H,9H2,1H3. The van der Waals surface area contributed by atoms with Crippen LogP contribution in [-0.4, -0.2) is 27.7 Å². The minimum Gasteiger partial charge on any atom is -0.485 e. The summed E-state index contributed by atoms with van der Waals surface area (Å²) in [6.45, 7) is 0.0925. The summed E-state index contributed by atoms with van der Waals surface area (Å²) in [7, 11) is 1.30. The number of methoxy groups -OCH3 is 1. The monoisotopic (exact) mass is 301 g/mol. The SMILES string of the molecule is COC(=O)c1cccn2c(COc3cccc(F)c3)nnc12. The van der Waals surface area contributed by atoms with Gasteiger partial charge in [-0.3, -0.25) is 4.40 Å². The summed E-state index contributed by atoms with van der Waals surface area (Å²) in [5.41, 5.74) is 0.696. The number of aromatic nitrogens is 3. The summed E-state index contributed by atoms with van der Waals surface area (Å²) in [6, 6.07) is 9.11. The number of carbonyl (C=O) groups excluding carboxylic acids is 1. The molecule has 22 heavy (non-hydrogen) atoms. The Morgan fingerprint density at radius 1 is 1.27 bits per heavy atom. The summed E-state index contributed by atoms with van der Waals surface area (Å²) < 4.78 is 24.9. The maximum absolute atomic E-state index is 13.1. The maximum atomic E-state index is 13.1. The predicted octanol–water partition coefficient (Wildman–Crippen LogP) is 2.23. The smallest absolute Gasteiger partial charge is 0.341 e. The molecule has 1 aromatic carbocycles. The Labute approximate surface area is 125 Å². The second kappa shape index (κ2) is 5.80. The molecule has 0 amide bonds. The van der Waals surface area contributed by atoms with Gasteiger partial charge in [0.1, 0.15) is 23.7 Å². The van der Waals surface area contributed by atoms with Crippen LogP contribution in [0.3, 0.4) is 0 Å². The molecule has 0 aliphatic carbocycles. The molecule has 0 spiro atoms. The van der Waals surface area contributed by atoms with Gasteiger partial charge in [0.15, 0.2) is 11.5 Å². The Morgan fingerprint density at radius 3 is 2.91 bits per heavy atom. The van der Waals surface area contributed by atoms with Gasteiger partial charge in [0.05, 0.1) is 7.11 Å². The zero-order chi connectivity index (χ0) is 15.5. The zero-order valence-corrected chi connectivity index (χ0v) is 11.7. The van der Waals surface area contributed by atoms with Crippen LogP contribution in [0, 0.1) is 5.82 Å². The van der Waals surface area contributed by atoms with Crippen molar-refractivity contribution in [2.45, 2.75) is 6.61 Å². The van der Waals surface area contributed by atoms with E-state index in [-0.39, 0.29) is 12.4 Å². The zero-order valence-electron chi connectivity index (χ0n) is 11.7. The van der Waals surface area contributed by atoms with Crippen molar-refractivity contribution in [3.05, 3.63) is 59.8 Å². The van der Waals surface area contributed by atoms with Crippen molar-refractivity contribution in [1.29, 1.82) is 0 Å². The normalized spacial score (nSPS) is 10.6. The topological polar surface area (TPSA) is 65.7 Å². The van der Waals surface area contributed by atoms with Gasteiger partial charge >= 0.3 is 5.97 Å². The van der Waals surface area contributed by atoms with E-state index >= 15 is 0 Å². The van der Waals surface area contributed by atoms with Crippen molar-refractivity contribution < 1.29 is 18.7 Å². The molecular weight excluding hydrogens is 289 g/mol. The van der Waals surface area contributed by atoms with Crippen LogP contribution in [0.15, 0.2) is 42.6 Å². The van der Waals surface area contributed by atoms with Crippen LogP contribution in [0.1, 0.15) is 16.2 Å². The van der Waals surface area contributed by atoms with E-state index in [1.807, 2.05) is 0 Å². The van der Waals surface area contributed by atoms with Gasteiger partial charge in [-0.15, -0.1) is 10.2 Å². The Morgan fingerprint density at radius 2 is 2.14 bits per heavy atom. The number of halogens is 1. The number of rotatable bonds is 4. The Bertz CT molecular complexity index is 832. The fraction of sp³-hybridized carbons (Fsp3) is 0.133. The lowest BCUT2D eigenvalue weighted by molar-refractivity contribution is 0.0602. The van der Waals surface area contributed by atoms with E-state index in [4.69, 9.17) is 9.47 Å². The minimum atomic E-state index is -0.490. The molecule has 0 saturated carbocycles. The number of ether oxygens (including phenoxy) is 2. The second-order valence-corrected chi connectivity index (χ2v) is 4.47. The quantitative estimate of drug-likeness (QED) is 0.691. The van der Waals surface area contributed by atoms with Crippen LogP contribution in [0.2, 0.25) is 0 Å². The molecular formula is C15H12FN3O3. The van der Waals surface area contributed by atoms with E-state index in [1.54, 1.807) is 34.9 Å². The van der Waals surface area contributed by atoms with Crippen molar-refractivity contribution in [2.75, 3.05) is 7.11 Å². The maximum Gasteiger partial charge on any atom is 0.341 e. The summed E-state index contributed by atoms with van der Waals surface area (Å²) in [5.74, 6) is 0.0121. The van der Waals surface area contributed by atoms with Gasteiger partial charge in [-0.1, -0.05) is 6.07 Å². The molecule has 0 atom stereocenters. The van der Waals surface area contributed by atoms with Crippen LogP contribution in [-0.2, 0) is 11.3 Å². The van der Waals surface area contributed by atoms with Gasteiger partial charge in [-0.2, -0.15) is 0 Å². The second-order valence-electron chi connectivity index (χ2n) is 4.47. The van der Waals surface area contributed by atoms with E-state index in [2.05, 4.69) is 10.2 Å². The molecule has 0 unspecified atom stereocenters. The van der Waals surface area contributed by atoms with E-state index in [9.17, 15) is 9.18 Å². The first kappa shape index (κ1) is 14.0. The summed E-state index contributed by atoms with van der Waals surface area (Å²) in [5, 5.41) is 7.97. The number of nitrogens with zero attached hydrogens (tertiary/aromatic N) is 3. The largest absolute Gasteiger partial charge is 0.485 e. The molecule has 0 aliphatic heterocycles. The van der Waals surface area contributed by atoms with Crippen molar-refractivity contribution in [3.8, 4) is 5.75 Å². The highest BCUT2D eigenvalue weighted by Gasteiger charge is 2.15. The van der Waals surface area contributed by atoms with Crippen molar-refractivity contribution >= 4 is 11.6 Å².